The average molecular weight is 299 g/mol. The minimum atomic E-state index is 0.905. The third-order valence-corrected chi connectivity index (χ3v) is 3.95. The Morgan fingerprint density at radius 1 is 0.652 bits per heavy atom. The van der Waals surface area contributed by atoms with E-state index in [9.17, 15) is 0 Å². The molecule has 0 unspecified atom stereocenters. The van der Waals surface area contributed by atoms with Gasteiger partial charge >= 0.3 is 0 Å². The molecule has 0 aliphatic heterocycles. The summed E-state index contributed by atoms with van der Waals surface area (Å²) in [7, 11) is 0. The van der Waals surface area contributed by atoms with E-state index in [0.717, 1.165) is 13.0 Å². The summed E-state index contributed by atoms with van der Waals surface area (Å²) in [4.78, 5) is 2.34. The molecular formula is C22H21N. The fourth-order valence-electron chi connectivity index (χ4n) is 2.69. The van der Waals surface area contributed by atoms with Crippen molar-refractivity contribution in [2.24, 2.45) is 0 Å². The predicted octanol–water partition coefficient (Wildman–Crippen LogP) is 5.93. The summed E-state index contributed by atoms with van der Waals surface area (Å²) >= 11 is 0. The fraction of sp³-hybridized carbons (Fsp3) is 0.0909. The summed E-state index contributed by atoms with van der Waals surface area (Å²) in [5.74, 6) is 0. The van der Waals surface area contributed by atoms with Crippen LogP contribution in [0.2, 0.25) is 0 Å². The van der Waals surface area contributed by atoms with E-state index in [1.807, 2.05) is 6.07 Å². The normalized spacial score (nSPS) is 10.3. The number of para-hydroxylation sites is 2. The summed E-state index contributed by atoms with van der Waals surface area (Å²) in [5, 5.41) is 0. The summed E-state index contributed by atoms with van der Waals surface area (Å²) in [5.41, 5.74) is 4.80. The largest absolute Gasteiger partial charge is 0.341 e. The first-order valence-electron chi connectivity index (χ1n) is 7.95. The van der Waals surface area contributed by atoms with Crippen LogP contribution in [-0.2, 0) is 0 Å². The highest BCUT2D eigenvalue weighted by Crippen LogP contribution is 2.27. The number of rotatable bonds is 6. The Hall–Kier alpha value is -2.80. The summed E-state index contributed by atoms with van der Waals surface area (Å²) in [6.07, 6.45) is 0.924. The molecule has 0 fully saturated rings. The van der Waals surface area contributed by atoms with Gasteiger partial charge < -0.3 is 4.90 Å². The van der Waals surface area contributed by atoms with Crippen LogP contribution in [0.15, 0.2) is 97.6 Å². The second-order valence-electron chi connectivity index (χ2n) is 5.54. The van der Waals surface area contributed by atoms with E-state index in [1.165, 1.54) is 22.5 Å². The van der Waals surface area contributed by atoms with Gasteiger partial charge in [-0.3, -0.25) is 0 Å². The standard InChI is InChI=1S/C22H21N/c1-19(20-11-5-2-6-12-20)17-18-23(21-13-7-3-8-14-21)22-15-9-4-10-16-22/h2-16H,1,17-18H2. The van der Waals surface area contributed by atoms with Gasteiger partial charge in [-0.2, -0.15) is 0 Å². The molecule has 1 heteroatoms. The second kappa shape index (κ2) is 7.46. The maximum atomic E-state index is 4.26. The Bertz CT molecular complexity index is 693. The first kappa shape index (κ1) is 15.1. The molecule has 0 bridgehead atoms. The average Bonchev–Trinajstić information content (AvgIpc) is 2.64. The molecule has 3 aromatic carbocycles. The zero-order valence-corrected chi connectivity index (χ0v) is 13.2. The number of benzene rings is 3. The zero-order chi connectivity index (χ0) is 15.9. The smallest absolute Gasteiger partial charge is 0.0410 e. The summed E-state index contributed by atoms with van der Waals surface area (Å²) in [6.45, 7) is 5.16. The maximum Gasteiger partial charge on any atom is 0.0410 e. The molecule has 0 N–H and O–H groups in total. The SMILES string of the molecule is C=C(CCN(c1ccccc1)c1ccccc1)c1ccccc1. The molecule has 0 heterocycles. The molecule has 0 aromatic heterocycles. The van der Waals surface area contributed by atoms with Crippen molar-refractivity contribution in [2.75, 3.05) is 11.4 Å². The molecular weight excluding hydrogens is 278 g/mol. The number of anilines is 2. The Morgan fingerprint density at radius 2 is 1.09 bits per heavy atom. The van der Waals surface area contributed by atoms with Gasteiger partial charge in [-0.05, 0) is 41.8 Å². The minimum Gasteiger partial charge on any atom is -0.341 e. The second-order valence-corrected chi connectivity index (χ2v) is 5.54. The lowest BCUT2D eigenvalue weighted by Crippen LogP contribution is -2.18. The van der Waals surface area contributed by atoms with Crippen LogP contribution in [0.4, 0.5) is 11.4 Å². The van der Waals surface area contributed by atoms with Crippen LogP contribution < -0.4 is 4.90 Å². The van der Waals surface area contributed by atoms with E-state index in [2.05, 4.69) is 96.4 Å². The molecule has 0 saturated heterocycles. The molecule has 3 rings (SSSR count). The fourth-order valence-corrected chi connectivity index (χ4v) is 2.69. The predicted molar refractivity (Wildman–Crippen MR) is 100.0 cm³/mol. The van der Waals surface area contributed by atoms with E-state index in [0.29, 0.717) is 0 Å². The van der Waals surface area contributed by atoms with Gasteiger partial charge in [0.15, 0.2) is 0 Å². The molecule has 3 aromatic rings. The first-order chi connectivity index (χ1) is 11.3. The lowest BCUT2D eigenvalue weighted by atomic mass is 10.0. The van der Waals surface area contributed by atoms with Gasteiger partial charge in [0.1, 0.15) is 0 Å². The van der Waals surface area contributed by atoms with E-state index in [-0.39, 0.29) is 0 Å². The Balaban J connectivity index is 1.79. The van der Waals surface area contributed by atoms with E-state index >= 15 is 0 Å². The topological polar surface area (TPSA) is 3.24 Å². The van der Waals surface area contributed by atoms with Crippen molar-refractivity contribution in [3.63, 3.8) is 0 Å². The van der Waals surface area contributed by atoms with Crippen molar-refractivity contribution in [3.8, 4) is 0 Å². The molecule has 0 saturated carbocycles. The monoisotopic (exact) mass is 299 g/mol. The summed E-state index contributed by atoms with van der Waals surface area (Å²) < 4.78 is 0. The number of nitrogens with zero attached hydrogens (tertiary/aromatic N) is 1. The van der Waals surface area contributed by atoms with Crippen molar-refractivity contribution < 1.29 is 0 Å². The van der Waals surface area contributed by atoms with Crippen LogP contribution in [0.25, 0.3) is 5.57 Å². The minimum absolute atomic E-state index is 0.905. The molecule has 23 heavy (non-hydrogen) atoms. The van der Waals surface area contributed by atoms with E-state index in [1.54, 1.807) is 0 Å². The quantitative estimate of drug-likeness (QED) is 0.545. The van der Waals surface area contributed by atoms with E-state index in [4.69, 9.17) is 0 Å². The van der Waals surface area contributed by atoms with Crippen molar-refractivity contribution in [2.45, 2.75) is 6.42 Å². The molecule has 0 atom stereocenters. The highest BCUT2D eigenvalue weighted by atomic mass is 15.1. The Labute approximate surface area is 138 Å². The van der Waals surface area contributed by atoms with Crippen LogP contribution in [0.1, 0.15) is 12.0 Å². The molecule has 0 amide bonds. The molecule has 0 radical (unpaired) electrons. The van der Waals surface area contributed by atoms with E-state index < -0.39 is 0 Å². The Morgan fingerprint density at radius 3 is 1.57 bits per heavy atom. The maximum absolute atomic E-state index is 4.26. The first-order valence-corrected chi connectivity index (χ1v) is 7.95. The lowest BCUT2D eigenvalue weighted by Gasteiger charge is -2.25. The van der Waals surface area contributed by atoms with Gasteiger partial charge in [-0.25, -0.2) is 0 Å². The van der Waals surface area contributed by atoms with Crippen LogP contribution in [-0.4, -0.2) is 6.54 Å². The van der Waals surface area contributed by atoms with Crippen molar-refractivity contribution >= 4 is 16.9 Å². The van der Waals surface area contributed by atoms with Crippen LogP contribution in [0.3, 0.4) is 0 Å². The zero-order valence-electron chi connectivity index (χ0n) is 13.2. The highest BCUT2D eigenvalue weighted by molar-refractivity contribution is 5.67. The van der Waals surface area contributed by atoms with Gasteiger partial charge in [0.05, 0.1) is 0 Å². The molecule has 114 valence electrons. The third-order valence-electron chi connectivity index (χ3n) is 3.95. The van der Waals surface area contributed by atoms with Crippen LogP contribution in [0, 0.1) is 0 Å². The van der Waals surface area contributed by atoms with Gasteiger partial charge in [0.25, 0.3) is 0 Å². The molecule has 1 nitrogen and oxygen atoms in total. The Kier molecular flexibility index (Phi) is 4.90. The highest BCUT2D eigenvalue weighted by Gasteiger charge is 2.09. The van der Waals surface area contributed by atoms with Gasteiger partial charge in [-0.1, -0.05) is 73.3 Å². The number of hydrogen-bond acceptors (Lipinski definition) is 1. The van der Waals surface area contributed by atoms with Gasteiger partial charge in [0, 0.05) is 17.9 Å². The van der Waals surface area contributed by atoms with Crippen LogP contribution >= 0.6 is 0 Å². The lowest BCUT2D eigenvalue weighted by molar-refractivity contribution is 0.953. The van der Waals surface area contributed by atoms with Gasteiger partial charge in [0.2, 0.25) is 0 Å². The molecule has 0 spiro atoms. The van der Waals surface area contributed by atoms with Gasteiger partial charge in [-0.15, -0.1) is 0 Å². The summed E-state index contributed by atoms with van der Waals surface area (Å²) in [6, 6.07) is 31.4. The third kappa shape index (κ3) is 3.89. The number of hydrogen-bond donors (Lipinski definition) is 0. The van der Waals surface area contributed by atoms with Crippen molar-refractivity contribution in [1.82, 2.24) is 0 Å². The van der Waals surface area contributed by atoms with Crippen molar-refractivity contribution in [1.29, 1.82) is 0 Å². The van der Waals surface area contributed by atoms with Crippen LogP contribution in [0.5, 0.6) is 0 Å². The molecule has 0 aliphatic carbocycles. The molecule has 0 aliphatic rings. The van der Waals surface area contributed by atoms with Crippen molar-refractivity contribution in [3.05, 3.63) is 103 Å².